The maximum absolute atomic E-state index is 14.2. The molecule has 172 valence electrons. The van der Waals surface area contributed by atoms with Crippen LogP contribution in [0.4, 0.5) is 22.0 Å². The second kappa shape index (κ2) is 9.05. The molecule has 0 aliphatic rings. The molecule has 3 heterocycles. The molecule has 12 heteroatoms. The molecule has 0 spiro atoms. The van der Waals surface area contributed by atoms with Gasteiger partial charge in [0.05, 0.1) is 11.1 Å². The third kappa shape index (κ3) is 4.98. The van der Waals surface area contributed by atoms with E-state index in [2.05, 4.69) is 36.2 Å². The van der Waals surface area contributed by atoms with Crippen LogP contribution in [0.1, 0.15) is 31.2 Å². The Kier molecular flexibility index (Phi) is 6.74. The van der Waals surface area contributed by atoms with Crippen LogP contribution in [0.2, 0.25) is 0 Å². The Morgan fingerprint density at radius 2 is 1.52 bits per heavy atom. The summed E-state index contributed by atoms with van der Waals surface area (Å²) >= 11 is 0. The molecule has 0 aliphatic heterocycles. The molecular formula is C21H13F5N6Pt. The Labute approximate surface area is 199 Å². The molecule has 0 fully saturated rings. The predicted molar refractivity (Wildman–Crippen MR) is 102 cm³/mol. The Bertz CT molecular complexity index is 1290. The number of aromatic nitrogens is 6. The largest absolute Gasteiger partial charge is 2.00 e. The molecule has 0 unspecified atom stereocenters. The summed E-state index contributed by atoms with van der Waals surface area (Å²) in [5.74, 6) is -1.18. The molecule has 0 saturated carbocycles. The summed E-state index contributed by atoms with van der Waals surface area (Å²) in [6, 6.07) is 7.87. The van der Waals surface area contributed by atoms with Crippen LogP contribution in [0.3, 0.4) is 0 Å². The summed E-state index contributed by atoms with van der Waals surface area (Å²) < 4.78 is 65.9. The van der Waals surface area contributed by atoms with Gasteiger partial charge < -0.3 is 10.2 Å². The molecular weight excluding hydrogens is 626 g/mol. The van der Waals surface area contributed by atoms with Crippen LogP contribution in [-0.4, -0.2) is 25.0 Å². The topological polar surface area (TPSA) is 78.5 Å². The van der Waals surface area contributed by atoms with Crippen molar-refractivity contribution in [3.05, 3.63) is 77.8 Å². The molecule has 0 aliphatic carbocycles. The molecule has 0 atom stereocenters. The average Bonchev–Trinajstić information content (AvgIpc) is 3.25. The van der Waals surface area contributed by atoms with E-state index in [0.717, 1.165) is 18.2 Å². The van der Waals surface area contributed by atoms with E-state index in [1.807, 2.05) is 0 Å². The van der Waals surface area contributed by atoms with Crippen LogP contribution in [0, 0.1) is 17.7 Å². The maximum Gasteiger partial charge on any atom is 2.00 e. The zero-order valence-corrected chi connectivity index (χ0v) is 19.2. The Hall–Kier alpha value is -3.07. The van der Waals surface area contributed by atoms with Gasteiger partial charge in [0.25, 0.3) is 0 Å². The van der Waals surface area contributed by atoms with E-state index in [9.17, 15) is 22.0 Å². The Morgan fingerprint density at radius 3 is 2.09 bits per heavy atom. The first-order valence-corrected chi connectivity index (χ1v) is 9.18. The van der Waals surface area contributed by atoms with Gasteiger partial charge in [0.15, 0.2) is 0 Å². The van der Waals surface area contributed by atoms with Gasteiger partial charge in [-0.3, -0.25) is 13.8 Å². The standard InChI is InChI=1S/C21H13F5N6.Pt/c1-20(2,18-27-7-5-14(29-18)12-4-3-11(22)9-13(12)23)19-28-8-6-15(30-19)16-10-17(32-31-16)21(24,25)26;/h3,5-10H,1-2H3;/q-2;+2. The minimum atomic E-state index is -4.62. The summed E-state index contributed by atoms with van der Waals surface area (Å²) in [5.41, 5.74) is -1.93. The number of alkyl halides is 3. The van der Waals surface area contributed by atoms with E-state index in [0.29, 0.717) is 0 Å². The number of nitrogens with zero attached hydrogens (tertiary/aromatic N) is 6. The fraction of sp³-hybridized carbons (Fsp3) is 0.190. The number of hydrogen-bond acceptors (Lipinski definition) is 5. The van der Waals surface area contributed by atoms with E-state index in [1.165, 1.54) is 24.5 Å². The van der Waals surface area contributed by atoms with Gasteiger partial charge in [-0.2, -0.15) is 13.2 Å². The molecule has 6 nitrogen and oxygen atoms in total. The van der Waals surface area contributed by atoms with Crippen molar-refractivity contribution in [1.82, 2.24) is 30.1 Å². The van der Waals surface area contributed by atoms with Gasteiger partial charge in [0.2, 0.25) is 0 Å². The van der Waals surface area contributed by atoms with E-state index >= 15 is 0 Å². The first-order valence-electron chi connectivity index (χ1n) is 9.18. The molecule has 33 heavy (non-hydrogen) atoms. The minimum absolute atomic E-state index is 0. The molecule has 3 aromatic heterocycles. The van der Waals surface area contributed by atoms with Gasteiger partial charge in [0, 0.05) is 24.0 Å². The Balaban J connectivity index is 0.00000306. The SMILES string of the molecule is CC(C)(c1nccc(-c2cc(C(F)(F)F)n[n-]2)n1)c1nccc(-c2[c-]cc(F)cc2F)n1.[Pt+2]. The van der Waals surface area contributed by atoms with Crippen molar-refractivity contribution >= 4 is 0 Å². The first-order chi connectivity index (χ1) is 15.1. The van der Waals surface area contributed by atoms with Gasteiger partial charge >= 0.3 is 27.2 Å². The zero-order valence-electron chi connectivity index (χ0n) is 16.9. The van der Waals surface area contributed by atoms with Crippen molar-refractivity contribution in [2.45, 2.75) is 25.4 Å². The van der Waals surface area contributed by atoms with E-state index in [4.69, 9.17) is 0 Å². The van der Waals surface area contributed by atoms with Gasteiger partial charge in [-0.1, -0.05) is 23.4 Å². The van der Waals surface area contributed by atoms with Gasteiger partial charge in [-0.15, -0.1) is 12.1 Å². The molecule has 0 radical (unpaired) electrons. The molecule has 1 aromatic carbocycles. The number of rotatable bonds is 4. The number of hydrogen-bond donors (Lipinski definition) is 0. The summed E-state index contributed by atoms with van der Waals surface area (Å²) in [6.45, 7) is 3.40. The third-order valence-electron chi connectivity index (χ3n) is 4.63. The van der Waals surface area contributed by atoms with Gasteiger partial charge in [-0.25, -0.2) is 15.0 Å². The quantitative estimate of drug-likeness (QED) is 0.244. The maximum atomic E-state index is 14.2. The summed E-state index contributed by atoms with van der Waals surface area (Å²) in [7, 11) is 0. The van der Waals surface area contributed by atoms with Crippen molar-refractivity contribution in [1.29, 1.82) is 0 Å². The van der Waals surface area contributed by atoms with Crippen molar-refractivity contribution in [2.75, 3.05) is 0 Å². The van der Waals surface area contributed by atoms with Crippen LogP contribution in [0.5, 0.6) is 0 Å². The van der Waals surface area contributed by atoms with Crippen molar-refractivity contribution in [2.24, 2.45) is 0 Å². The smallest absolute Gasteiger partial charge is 0.573 e. The summed E-state index contributed by atoms with van der Waals surface area (Å²) in [4.78, 5) is 17.1. The minimum Gasteiger partial charge on any atom is -0.573 e. The molecule has 4 aromatic rings. The Morgan fingerprint density at radius 1 is 0.909 bits per heavy atom. The van der Waals surface area contributed by atoms with Crippen molar-refractivity contribution < 1.29 is 43.0 Å². The van der Waals surface area contributed by atoms with E-state index in [1.54, 1.807) is 13.8 Å². The van der Waals surface area contributed by atoms with Gasteiger partial charge in [-0.05, 0) is 31.7 Å². The van der Waals surface area contributed by atoms with Crippen molar-refractivity contribution in [3.63, 3.8) is 0 Å². The molecule has 0 bridgehead atoms. The van der Waals surface area contributed by atoms with E-state index in [-0.39, 0.29) is 55.4 Å². The molecule has 0 amide bonds. The second-order valence-corrected chi connectivity index (χ2v) is 7.31. The van der Waals surface area contributed by atoms with Crippen molar-refractivity contribution in [3.8, 4) is 22.6 Å². The van der Waals surface area contributed by atoms with Crippen LogP contribution >= 0.6 is 0 Å². The normalized spacial score (nSPS) is 11.8. The van der Waals surface area contributed by atoms with Crippen LogP contribution in [0.15, 0.2) is 42.7 Å². The average molecular weight is 639 g/mol. The zero-order chi connectivity index (χ0) is 23.1. The first kappa shape index (κ1) is 24.6. The molecule has 0 N–H and O–H groups in total. The molecule has 4 rings (SSSR count). The molecule has 0 saturated heterocycles. The fourth-order valence-electron chi connectivity index (χ4n) is 2.90. The van der Waals surface area contributed by atoms with Crippen LogP contribution in [-0.2, 0) is 32.7 Å². The van der Waals surface area contributed by atoms with Crippen LogP contribution in [0.25, 0.3) is 22.6 Å². The second-order valence-electron chi connectivity index (χ2n) is 7.31. The monoisotopic (exact) mass is 639 g/mol. The van der Waals surface area contributed by atoms with E-state index < -0.39 is 28.9 Å². The summed E-state index contributed by atoms with van der Waals surface area (Å²) in [5, 5.41) is 6.70. The number of benzene rings is 1. The third-order valence-corrected chi connectivity index (χ3v) is 4.63. The fourth-order valence-corrected chi connectivity index (χ4v) is 2.90. The van der Waals surface area contributed by atoms with Gasteiger partial charge in [0.1, 0.15) is 17.3 Å². The number of halogens is 5. The van der Waals surface area contributed by atoms with Crippen LogP contribution < -0.4 is 5.10 Å². The summed E-state index contributed by atoms with van der Waals surface area (Å²) in [6.07, 6.45) is -1.85. The predicted octanol–water partition coefficient (Wildman–Crippen LogP) is 4.37.